The number of H-pyrrole nitrogens is 1. The maximum absolute atomic E-state index is 12.6. The summed E-state index contributed by atoms with van der Waals surface area (Å²) < 4.78 is 27.4. The number of nitrogens with zero attached hydrogens (tertiary/aromatic N) is 3. The number of thioether (sulfide) groups is 1. The van der Waals surface area contributed by atoms with Crippen LogP contribution in [-0.4, -0.2) is 40.0 Å². The Morgan fingerprint density at radius 1 is 0.816 bits per heavy atom. The SMILES string of the molecule is O=C(CSc1nc(-c2ccccc2)c(-c2ccccc2)[nH]1)Nc1ccc(S(=O)(=O)Nc2ncccn2)cc1. The van der Waals surface area contributed by atoms with Crippen molar-refractivity contribution in [2.75, 3.05) is 15.8 Å². The molecule has 5 aromatic rings. The predicted octanol–water partition coefficient (Wildman–Crippen LogP) is 5.07. The number of carbonyl (C=O) groups excluding carboxylic acids is 1. The van der Waals surface area contributed by atoms with Crippen molar-refractivity contribution in [3.05, 3.63) is 103 Å². The van der Waals surface area contributed by atoms with Gasteiger partial charge < -0.3 is 10.3 Å². The Balaban J connectivity index is 1.24. The second-order valence-electron chi connectivity index (χ2n) is 8.04. The van der Waals surface area contributed by atoms with E-state index >= 15 is 0 Å². The number of hydrogen-bond acceptors (Lipinski definition) is 7. The number of anilines is 2. The fourth-order valence-corrected chi connectivity index (χ4v) is 5.25. The Kier molecular flexibility index (Phi) is 7.47. The van der Waals surface area contributed by atoms with E-state index in [0.29, 0.717) is 10.8 Å². The highest BCUT2D eigenvalue weighted by Crippen LogP contribution is 2.32. The molecule has 2 aromatic heterocycles. The van der Waals surface area contributed by atoms with Gasteiger partial charge in [0.2, 0.25) is 11.9 Å². The van der Waals surface area contributed by atoms with Crippen molar-refractivity contribution in [2.45, 2.75) is 10.1 Å². The number of amides is 1. The molecule has 0 bridgehead atoms. The van der Waals surface area contributed by atoms with Crippen LogP contribution in [0.15, 0.2) is 113 Å². The highest BCUT2D eigenvalue weighted by Gasteiger charge is 2.17. The van der Waals surface area contributed by atoms with E-state index in [0.717, 1.165) is 22.5 Å². The molecule has 11 heteroatoms. The molecular weight excluding hydrogens is 520 g/mol. The summed E-state index contributed by atoms with van der Waals surface area (Å²) in [6.07, 6.45) is 2.88. The molecule has 0 fully saturated rings. The first-order chi connectivity index (χ1) is 18.5. The highest BCUT2D eigenvalue weighted by molar-refractivity contribution is 7.99. The zero-order valence-corrected chi connectivity index (χ0v) is 21.5. The highest BCUT2D eigenvalue weighted by atomic mass is 32.2. The molecule has 0 radical (unpaired) electrons. The van der Waals surface area contributed by atoms with E-state index in [4.69, 9.17) is 4.98 Å². The standard InChI is InChI=1S/C27H22N6O3S2/c34-23(30-21-12-14-22(15-13-21)38(35,36)33-26-28-16-7-17-29-26)18-37-27-31-24(19-8-3-1-4-9-19)25(32-27)20-10-5-2-6-11-20/h1-17H,18H2,(H,30,34)(H,31,32)(H,28,29,33). The van der Waals surface area contributed by atoms with Gasteiger partial charge in [0.15, 0.2) is 5.16 Å². The lowest BCUT2D eigenvalue weighted by Gasteiger charge is -2.08. The molecule has 0 aliphatic rings. The van der Waals surface area contributed by atoms with Crippen molar-refractivity contribution in [3.8, 4) is 22.5 Å². The number of aromatic nitrogens is 4. The quantitative estimate of drug-likeness (QED) is 0.222. The maximum Gasteiger partial charge on any atom is 0.264 e. The van der Waals surface area contributed by atoms with Crippen molar-refractivity contribution in [1.29, 1.82) is 0 Å². The summed E-state index contributed by atoms with van der Waals surface area (Å²) >= 11 is 1.28. The van der Waals surface area contributed by atoms with E-state index in [1.807, 2.05) is 60.7 Å². The van der Waals surface area contributed by atoms with Gasteiger partial charge in [0.05, 0.1) is 22.0 Å². The van der Waals surface area contributed by atoms with Gasteiger partial charge in [-0.3, -0.25) is 4.79 Å². The number of carbonyl (C=O) groups is 1. The molecule has 0 aliphatic heterocycles. The number of imidazole rings is 1. The summed E-state index contributed by atoms with van der Waals surface area (Å²) in [5.74, 6) is -0.158. The topological polar surface area (TPSA) is 130 Å². The first-order valence-corrected chi connectivity index (χ1v) is 14.0. The molecule has 0 aliphatic carbocycles. The fourth-order valence-electron chi connectivity index (χ4n) is 3.62. The molecule has 0 saturated heterocycles. The van der Waals surface area contributed by atoms with Crippen molar-refractivity contribution >= 4 is 39.3 Å². The lowest BCUT2D eigenvalue weighted by molar-refractivity contribution is -0.113. The number of hydrogen-bond donors (Lipinski definition) is 3. The van der Waals surface area contributed by atoms with Gasteiger partial charge in [-0.2, -0.15) is 0 Å². The zero-order valence-electron chi connectivity index (χ0n) is 19.9. The summed E-state index contributed by atoms with van der Waals surface area (Å²) in [5.41, 5.74) is 4.14. The van der Waals surface area contributed by atoms with Crippen LogP contribution in [0.1, 0.15) is 0 Å². The largest absolute Gasteiger partial charge is 0.332 e. The lowest BCUT2D eigenvalue weighted by Crippen LogP contribution is -2.16. The normalized spacial score (nSPS) is 11.2. The Morgan fingerprint density at radius 3 is 2.11 bits per heavy atom. The average Bonchev–Trinajstić information content (AvgIpc) is 3.38. The molecule has 0 atom stereocenters. The fraction of sp³-hybridized carbons (Fsp3) is 0.0370. The second-order valence-corrected chi connectivity index (χ2v) is 10.7. The van der Waals surface area contributed by atoms with Gasteiger partial charge in [-0.15, -0.1) is 0 Å². The second kappa shape index (κ2) is 11.3. The summed E-state index contributed by atoms with van der Waals surface area (Å²) in [6, 6.07) is 27.2. The Hall–Kier alpha value is -4.48. The number of benzene rings is 3. The molecular formula is C27H22N6O3S2. The lowest BCUT2D eigenvalue weighted by atomic mass is 10.1. The van der Waals surface area contributed by atoms with Crippen LogP contribution in [0, 0.1) is 0 Å². The molecule has 0 spiro atoms. The molecule has 1 amide bonds. The van der Waals surface area contributed by atoms with Crippen LogP contribution < -0.4 is 10.0 Å². The Morgan fingerprint density at radius 2 is 1.45 bits per heavy atom. The first-order valence-electron chi connectivity index (χ1n) is 11.5. The molecule has 2 heterocycles. The summed E-state index contributed by atoms with van der Waals surface area (Å²) in [7, 11) is -3.86. The van der Waals surface area contributed by atoms with E-state index in [2.05, 4.69) is 25.0 Å². The van der Waals surface area contributed by atoms with Gasteiger partial charge in [0.25, 0.3) is 10.0 Å². The molecule has 9 nitrogen and oxygen atoms in total. The van der Waals surface area contributed by atoms with Gasteiger partial charge in [0, 0.05) is 29.2 Å². The monoisotopic (exact) mass is 542 g/mol. The third-order valence-corrected chi connectivity index (χ3v) is 7.59. The third-order valence-electron chi connectivity index (χ3n) is 5.37. The van der Waals surface area contributed by atoms with Crippen LogP contribution in [-0.2, 0) is 14.8 Å². The summed E-state index contributed by atoms with van der Waals surface area (Å²) in [6.45, 7) is 0. The number of nitrogens with one attached hydrogen (secondary N) is 3. The maximum atomic E-state index is 12.6. The van der Waals surface area contributed by atoms with Crippen LogP contribution in [0.4, 0.5) is 11.6 Å². The van der Waals surface area contributed by atoms with Gasteiger partial charge in [-0.1, -0.05) is 72.4 Å². The van der Waals surface area contributed by atoms with Crippen LogP contribution in [0.25, 0.3) is 22.5 Å². The van der Waals surface area contributed by atoms with Gasteiger partial charge in [-0.25, -0.2) is 28.1 Å². The van der Waals surface area contributed by atoms with Gasteiger partial charge in [-0.05, 0) is 30.3 Å². The smallest absolute Gasteiger partial charge is 0.264 e. The van der Waals surface area contributed by atoms with Crippen molar-refractivity contribution < 1.29 is 13.2 Å². The minimum atomic E-state index is -3.86. The van der Waals surface area contributed by atoms with Crippen LogP contribution >= 0.6 is 11.8 Å². The molecule has 190 valence electrons. The average molecular weight is 543 g/mol. The summed E-state index contributed by atoms with van der Waals surface area (Å²) in [4.78, 5) is 28.5. The van der Waals surface area contributed by atoms with Crippen LogP contribution in [0.5, 0.6) is 0 Å². The van der Waals surface area contributed by atoms with Gasteiger partial charge in [0.1, 0.15) is 0 Å². The number of rotatable bonds is 9. The number of sulfonamides is 1. The Labute approximate surface area is 223 Å². The minimum Gasteiger partial charge on any atom is -0.332 e. The third kappa shape index (κ3) is 6.07. The first kappa shape index (κ1) is 25.2. The van der Waals surface area contributed by atoms with Crippen LogP contribution in [0.3, 0.4) is 0 Å². The molecule has 0 unspecified atom stereocenters. The summed E-state index contributed by atoms with van der Waals surface area (Å²) in [5, 5.41) is 3.40. The predicted molar refractivity (Wildman–Crippen MR) is 148 cm³/mol. The molecule has 0 saturated carbocycles. The van der Waals surface area contributed by atoms with Crippen molar-refractivity contribution in [1.82, 2.24) is 19.9 Å². The zero-order chi connectivity index (χ0) is 26.4. The molecule has 5 rings (SSSR count). The molecule has 38 heavy (non-hydrogen) atoms. The Bertz CT molecular complexity index is 1570. The van der Waals surface area contributed by atoms with E-state index < -0.39 is 10.0 Å². The molecule has 3 N–H and O–H groups in total. The number of aromatic amines is 1. The van der Waals surface area contributed by atoms with Crippen molar-refractivity contribution in [2.24, 2.45) is 0 Å². The van der Waals surface area contributed by atoms with E-state index in [1.165, 1.54) is 48.4 Å². The minimum absolute atomic E-state index is 0.0225. The van der Waals surface area contributed by atoms with Crippen molar-refractivity contribution in [3.63, 3.8) is 0 Å². The van der Waals surface area contributed by atoms with E-state index in [1.54, 1.807) is 6.07 Å². The van der Waals surface area contributed by atoms with Crippen LogP contribution in [0.2, 0.25) is 0 Å². The van der Waals surface area contributed by atoms with Gasteiger partial charge >= 0.3 is 0 Å². The van der Waals surface area contributed by atoms with E-state index in [-0.39, 0.29) is 22.5 Å². The molecule has 3 aromatic carbocycles. The van der Waals surface area contributed by atoms with E-state index in [9.17, 15) is 13.2 Å².